The Kier molecular flexibility index (Phi) is 4.37. The molecule has 1 unspecified atom stereocenters. The molecule has 1 aliphatic carbocycles. The highest BCUT2D eigenvalue weighted by atomic mass is 16.5. The van der Waals surface area contributed by atoms with E-state index < -0.39 is 0 Å². The number of benzene rings is 1. The minimum absolute atomic E-state index is 0.0765. The first-order valence-corrected chi connectivity index (χ1v) is 6.27. The van der Waals surface area contributed by atoms with Gasteiger partial charge < -0.3 is 4.74 Å². The Labute approximate surface area is 102 Å². The highest BCUT2D eigenvalue weighted by Crippen LogP contribution is 2.17. The predicted octanol–water partition coefficient (Wildman–Crippen LogP) is 3.73. The quantitative estimate of drug-likeness (QED) is 0.571. The van der Waals surface area contributed by atoms with Gasteiger partial charge in [0.2, 0.25) is 0 Å². The first-order chi connectivity index (χ1) is 8.36. The lowest BCUT2D eigenvalue weighted by Crippen LogP contribution is -2.18. The van der Waals surface area contributed by atoms with Crippen LogP contribution in [0.15, 0.2) is 42.5 Å². The smallest absolute Gasteiger partial charge is 0.338 e. The average molecular weight is 230 g/mol. The molecule has 1 aromatic carbocycles. The molecule has 0 aliphatic heterocycles. The summed E-state index contributed by atoms with van der Waals surface area (Å²) in [7, 11) is 0. The number of hydrogen-bond donors (Lipinski definition) is 0. The van der Waals surface area contributed by atoms with Gasteiger partial charge in [-0.15, -0.1) is 0 Å². The third-order valence-electron chi connectivity index (χ3n) is 3.00. The Morgan fingerprint density at radius 3 is 2.65 bits per heavy atom. The first kappa shape index (κ1) is 11.9. The molecule has 0 spiro atoms. The van der Waals surface area contributed by atoms with Crippen LogP contribution in [0.25, 0.3) is 0 Å². The fraction of sp³-hybridized carbons (Fsp3) is 0.400. The van der Waals surface area contributed by atoms with Crippen molar-refractivity contribution in [2.45, 2.75) is 38.2 Å². The van der Waals surface area contributed by atoms with Crippen LogP contribution in [-0.4, -0.2) is 12.1 Å². The summed E-state index contributed by atoms with van der Waals surface area (Å²) >= 11 is 0. The molecule has 0 saturated heterocycles. The summed E-state index contributed by atoms with van der Waals surface area (Å²) in [5, 5.41) is 0. The lowest BCUT2D eigenvalue weighted by molar-refractivity contribution is 0.0257. The van der Waals surface area contributed by atoms with Crippen molar-refractivity contribution in [2.75, 3.05) is 0 Å². The fourth-order valence-corrected chi connectivity index (χ4v) is 2.04. The van der Waals surface area contributed by atoms with Crippen molar-refractivity contribution in [3.8, 4) is 0 Å². The maximum atomic E-state index is 11.9. The van der Waals surface area contributed by atoms with Gasteiger partial charge >= 0.3 is 5.97 Å². The summed E-state index contributed by atoms with van der Waals surface area (Å²) < 4.78 is 5.54. The van der Waals surface area contributed by atoms with Gasteiger partial charge in [-0.25, -0.2) is 4.79 Å². The Bertz CT molecular complexity index is 381. The van der Waals surface area contributed by atoms with Gasteiger partial charge in [0.1, 0.15) is 6.10 Å². The van der Waals surface area contributed by atoms with E-state index in [1.807, 2.05) is 18.2 Å². The van der Waals surface area contributed by atoms with Crippen LogP contribution in [0.1, 0.15) is 42.5 Å². The van der Waals surface area contributed by atoms with Crippen molar-refractivity contribution in [1.29, 1.82) is 0 Å². The third-order valence-corrected chi connectivity index (χ3v) is 3.00. The zero-order chi connectivity index (χ0) is 11.9. The standard InChI is InChI=1S/C15H18O2/c16-15(13-9-5-4-6-10-13)17-14-11-7-2-1-3-8-12-14/h1-2,4-6,9-10,14H,3,7-8,11-12H2/b2-1+. The summed E-state index contributed by atoms with van der Waals surface area (Å²) in [6, 6.07) is 9.21. The Morgan fingerprint density at radius 2 is 1.82 bits per heavy atom. The molecule has 1 aliphatic rings. The maximum Gasteiger partial charge on any atom is 0.338 e. The molecule has 0 saturated carbocycles. The SMILES string of the molecule is O=C(OC1CC/C=C/CCC1)c1ccccc1. The normalized spacial score (nSPS) is 22.2. The van der Waals surface area contributed by atoms with E-state index in [0.29, 0.717) is 5.56 Å². The average Bonchev–Trinajstić information content (AvgIpc) is 2.33. The van der Waals surface area contributed by atoms with Gasteiger partial charge in [-0.3, -0.25) is 0 Å². The summed E-state index contributed by atoms with van der Waals surface area (Å²) in [5.74, 6) is -0.194. The molecule has 1 aromatic rings. The van der Waals surface area contributed by atoms with Gasteiger partial charge in [-0.1, -0.05) is 30.4 Å². The van der Waals surface area contributed by atoms with Crippen molar-refractivity contribution in [3.05, 3.63) is 48.0 Å². The van der Waals surface area contributed by atoms with Gasteiger partial charge in [0.15, 0.2) is 0 Å². The van der Waals surface area contributed by atoms with Crippen LogP contribution in [0.2, 0.25) is 0 Å². The maximum absolute atomic E-state index is 11.9. The number of ether oxygens (including phenoxy) is 1. The predicted molar refractivity (Wildman–Crippen MR) is 67.9 cm³/mol. The van der Waals surface area contributed by atoms with Crippen molar-refractivity contribution < 1.29 is 9.53 Å². The Morgan fingerprint density at radius 1 is 1.06 bits per heavy atom. The number of carbonyl (C=O) groups excluding carboxylic acids is 1. The largest absolute Gasteiger partial charge is 0.459 e. The molecular formula is C15H18O2. The van der Waals surface area contributed by atoms with Crippen LogP contribution in [0.3, 0.4) is 0 Å². The summed E-state index contributed by atoms with van der Waals surface area (Å²) in [5.41, 5.74) is 0.644. The van der Waals surface area contributed by atoms with Crippen molar-refractivity contribution in [1.82, 2.24) is 0 Å². The van der Waals surface area contributed by atoms with Crippen LogP contribution in [0.5, 0.6) is 0 Å². The highest BCUT2D eigenvalue weighted by Gasteiger charge is 2.15. The van der Waals surface area contributed by atoms with Crippen LogP contribution in [0, 0.1) is 0 Å². The second kappa shape index (κ2) is 6.24. The molecule has 0 amide bonds. The van der Waals surface area contributed by atoms with E-state index >= 15 is 0 Å². The fourth-order valence-electron chi connectivity index (χ4n) is 2.04. The van der Waals surface area contributed by atoms with Gasteiger partial charge in [0.25, 0.3) is 0 Å². The van der Waals surface area contributed by atoms with E-state index in [0.717, 1.165) is 32.1 Å². The molecule has 17 heavy (non-hydrogen) atoms. The van der Waals surface area contributed by atoms with Crippen molar-refractivity contribution in [3.63, 3.8) is 0 Å². The van der Waals surface area contributed by atoms with E-state index in [1.165, 1.54) is 0 Å². The van der Waals surface area contributed by atoms with Crippen LogP contribution in [-0.2, 0) is 4.74 Å². The second-order valence-electron chi connectivity index (χ2n) is 4.37. The molecule has 90 valence electrons. The van der Waals surface area contributed by atoms with Crippen molar-refractivity contribution in [2.24, 2.45) is 0 Å². The Hall–Kier alpha value is -1.57. The van der Waals surface area contributed by atoms with Gasteiger partial charge in [-0.2, -0.15) is 0 Å². The zero-order valence-electron chi connectivity index (χ0n) is 9.97. The van der Waals surface area contributed by atoms with Crippen LogP contribution < -0.4 is 0 Å². The summed E-state index contributed by atoms with van der Waals surface area (Å²) in [6.07, 6.45) is 9.60. The van der Waals surface area contributed by atoms with E-state index in [-0.39, 0.29) is 12.1 Å². The molecule has 0 N–H and O–H groups in total. The van der Waals surface area contributed by atoms with Crippen LogP contribution >= 0.6 is 0 Å². The lowest BCUT2D eigenvalue weighted by Gasteiger charge is -2.18. The van der Waals surface area contributed by atoms with E-state index in [9.17, 15) is 4.79 Å². The number of rotatable bonds is 2. The second-order valence-corrected chi connectivity index (χ2v) is 4.37. The number of esters is 1. The molecule has 1 atom stereocenters. The van der Waals surface area contributed by atoms with Gasteiger partial charge in [0, 0.05) is 0 Å². The molecule has 0 radical (unpaired) electrons. The van der Waals surface area contributed by atoms with Crippen molar-refractivity contribution >= 4 is 5.97 Å². The van der Waals surface area contributed by atoms with E-state index in [2.05, 4.69) is 12.2 Å². The van der Waals surface area contributed by atoms with Gasteiger partial charge in [0.05, 0.1) is 5.56 Å². The van der Waals surface area contributed by atoms with E-state index in [4.69, 9.17) is 4.74 Å². The molecular weight excluding hydrogens is 212 g/mol. The molecule has 0 aromatic heterocycles. The van der Waals surface area contributed by atoms with Crippen LogP contribution in [0.4, 0.5) is 0 Å². The summed E-state index contributed by atoms with van der Waals surface area (Å²) in [6.45, 7) is 0. The monoisotopic (exact) mass is 230 g/mol. The minimum Gasteiger partial charge on any atom is -0.459 e. The number of hydrogen-bond acceptors (Lipinski definition) is 2. The molecule has 0 fully saturated rings. The molecule has 2 heteroatoms. The zero-order valence-corrected chi connectivity index (χ0v) is 9.97. The minimum atomic E-state index is -0.194. The number of allylic oxidation sites excluding steroid dienone is 2. The lowest BCUT2D eigenvalue weighted by atomic mass is 10.0. The first-order valence-electron chi connectivity index (χ1n) is 6.27. The third kappa shape index (κ3) is 3.74. The summed E-state index contributed by atoms with van der Waals surface area (Å²) in [4.78, 5) is 11.9. The molecule has 2 nitrogen and oxygen atoms in total. The Balaban J connectivity index is 1.91. The molecule has 0 heterocycles. The number of carbonyl (C=O) groups is 1. The molecule has 0 bridgehead atoms. The van der Waals surface area contributed by atoms with Gasteiger partial charge in [-0.05, 0) is 44.2 Å². The highest BCUT2D eigenvalue weighted by molar-refractivity contribution is 5.89. The van der Waals surface area contributed by atoms with E-state index in [1.54, 1.807) is 12.1 Å². The topological polar surface area (TPSA) is 26.3 Å². The molecule has 2 rings (SSSR count).